The van der Waals surface area contributed by atoms with Crippen molar-refractivity contribution in [3.8, 4) is 6.07 Å². The van der Waals surface area contributed by atoms with E-state index >= 15 is 0 Å². The normalized spacial score (nSPS) is 21.9. The maximum Gasteiger partial charge on any atom is 0.268 e. The Balaban J connectivity index is 2.51. The molecule has 1 aliphatic carbocycles. The summed E-state index contributed by atoms with van der Waals surface area (Å²) in [5, 5.41) is 13.0. The summed E-state index contributed by atoms with van der Waals surface area (Å²) >= 11 is 0. The first-order valence-electron chi connectivity index (χ1n) is 5.49. The van der Waals surface area contributed by atoms with Crippen molar-refractivity contribution in [1.82, 2.24) is 10.1 Å². The van der Waals surface area contributed by atoms with E-state index in [1.807, 2.05) is 0 Å². The minimum Gasteiger partial charge on any atom is -0.333 e. The Morgan fingerprint density at radius 3 is 2.69 bits per heavy atom. The zero-order chi connectivity index (χ0) is 11.8. The lowest BCUT2D eigenvalue weighted by Gasteiger charge is -2.19. The van der Waals surface area contributed by atoms with E-state index in [2.05, 4.69) is 30.1 Å². The Bertz CT molecular complexity index is 477. The van der Waals surface area contributed by atoms with Crippen molar-refractivity contribution in [2.45, 2.75) is 40.0 Å². The second kappa shape index (κ2) is 3.75. The average molecular weight is 217 g/mol. The van der Waals surface area contributed by atoms with E-state index in [1.165, 1.54) is 0 Å². The quantitative estimate of drug-likeness (QED) is 0.678. The second-order valence-corrected chi connectivity index (χ2v) is 4.85. The SMILES string of the molecule is Cc1noc(C(C#N)=C2CCCC2(C)C)n1. The van der Waals surface area contributed by atoms with E-state index in [0.29, 0.717) is 17.3 Å². The van der Waals surface area contributed by atoms with Crippen LogP contribution < -0.4 is 0 Å². The summed E-state index contributed by atoms with van der Waals surface area (Å²) in [6.07, 6.45) is 3.19. The topological polar surface area (TPSA) is 62.7 Å². The number of hydrogen-bond donors (Lipinski definition) is 0. The van der Waals surface area contributed by atoms with Crippen molar-refractivity contribution < 1.29 is 4.52 Å². The lowest BCUT2D eigenvalue weighted by atomic mass is 9.84. The van der Waals surface area contributed by atoms with Gasteiger partial charge in [0, 0.05) is 0 Å². The van der Waals surface area contributed by atoms with E-state index in [4.69, 9.17) is 4.52 Å². The van der Waals surface area contributed by atoms with Crippen LogP contribution in [-0.4, -0.2) is 10.1 Å². The predicted octanol–water partition coefficient (Wildman–Crippen LogP) is 2.87. The van der Waals surface area contributed by atoms with Gasteiger partial charge in [0.15, 0.2) is 5.82 Å². The minimum absolute atomic E-state index is 0.0768. The molecule has 0 unspecified atom stereocenters. The van der Waals surface area contributed by atoms with Crippen LogP contribution in [0.1, 0.15) is 44.8 Å². The van der Waals surface area contributed by atoms with Crippen LogP contribution in [0.25, 0.3) is 5.57 Å². The van der Waals surface area contributed by atoms with E-state index in [-0.39, 0.29) is 5.41 Å². The number of nitrogens with zero attached hydrogens (tertiary/aromatic N) is 3. The van der Waals surface area contributed by atoms with Crippen molar-refractivity contribution in [2.75, 3.05) is 0 Å². The highest BCUT2D eigenvalue weighted by Gasteiger charge is 2.33. The van der Waals surface area contributed by atoms with Gasteiger partial charge in [-0.1, -0.05) is 19.0 Å². The maximum atomic E-state index is 9.25. The molecule has 0 atom stereocenters. The third kappa shape index (κ3) is 1.73. The molecule has 1 aromatic heterocycles. The smallest absolute Gasteiger partial charge is 0.268 e. The van der Waals surface area contributed by atoms with Gasteiger partial charge in [0.1, 0.15) is 11.6 Å². The van der Waals surface area contributed by atoms with E-state index < -0.39 is 0 Å². The number of rotatable bonds is 1. The Hall–Kier alpha value is -1.63. The summed E-state index contributed by atoms with van der Waals surface area (Å²) in [6, 6.07) is 2.21. The van der Waals surface area contributed by atoms with Crippen LogP contribution in [0, 0.1) is 23.7 Å². The van der Waals surface area contributed by atoms with Gasteiger partial charge >= 0.3 is 0 Å². The standard InChI is InChI=1S/C12H15N3O/c1-8-14-11(16-15-8)9(7-13)10-5-4-6-12(10,2)3/h4-6H2,1-3H3. The molecule has 0 amide bonds. The van der Waals surface area contributed by atoms with Crippen molar-refractivity contribution in [2.24, 2.45) is 5.41 Å². The molecule has 0 N–H and O–H groups in total. The molecule has 1 saturated carbocycles. The molecule has 0 spiro atoms. The second-order valence-electron chi connectivity index (χ2n) is 4.85. The Labute approximate surface area is 95.0 Å². The highest BCUT2D eigenvalue weighted by molar-refractivity contribution is 5.75. The number of nitriles is 1. The molecule has 1 heterocycles. The zero-order valence-electron chi connectivity index (χ0n) is 9.87. The molecule has 1 aromatic rings. The fourth-order valence-electron chi connectivity index (χ4n) is 2.30. The van der Waals surface area contributed by atoms with Crippen LogP contribution in [0.5, 0.6) is 0 Å². The monoisotopic (exact) mass is 217 g/mol. The molecule has 2 rings (SSSR count). The molecule has 0 radical (unpaired) electrons. The molecular formula is C12H15N3O. The van der Waals surface area contributed by atoms with Crippen LogP contribution in [0.2, 0.25) is 0 Å². The number of allylic oxidation sites excluding steroid dienone is 2. The summed E-state index contributed by atoms with van der Waals surface area (Å²) in [5.41, 5.74) is 1.80. The van der Waals surface area contributed by atoms with Gasteiger partial charge in [-0.05, 0) is 37.2 Å². The third-order valence-corrected chi connectivity index (χ3v) is 3.20. The average Bonchev–Trinajstić information content (AvgIpc) is 2.76. The van der Waals surface area contributed by atoms with Gasteiger partial charge in [0.05, 0.1) is 0 Å². The van der Waals surface area contributed by atoms with Gasteiger partial charge in [0.25, 0.3) is 5.89 Å². The largest absolute Gasteiger partial charge is 0.333 e. The first-order chi connectivity index (χ1) is 7.54. The molecule has 1 fully saturated rings. The Kier molecular flexibility index (Phi) is 2.55. The van der Waals surface area contributed by atoms with Gasteiger partial charge in [-0.25, -0.2) is 0 Å². The summed E-state index contributed by atoms with van der Waals surface area (Å²) in [4.78, 5) is 4.13. The first-order valence-corrected chi connectivity index (χ1v) is 5.49. The minimum atomic E-state index is 0.0768. The van der Waals surface area contributed by atoms with Crippen molar-refractivity contribution in [3.63, 3.8) is 0 Å². The van der Waals surface area contributed by atoms with Gasteiger partial charge in [-0.3, -0.25) is 0 Å². The molecule has 0 aliphatic heterocycles. The lowest BCUT2D eigenvalue weighted by molar-refractivity contribution is 0.401. The molecule has 4 heteroatoms. The fraction of sp³-hybridized carbons (Fsp3) is 0.583. The van der Waals surface area contributed by atoms with E-state index in [1.54, 1.807) is 6.92 Å². The summed E-state index contributed by atoms with van der Waals surface area (Å²) in [5.74, 6) is 0.934. The van der Waals surface area contributed by atoms with Gasteiger partial charge in [-0.15, -0.1) is 0 Å². The molecule has 16 heavy (non-hydrogen) atoms. The third-order valence-electron chi connectivity index (χ3n) is 3.20. The molecule has 0 aromatic carbocycles. The maximum absolute atomic E-state index is 9.25. The highest BCUT2D eigenvalue weighted by atomic mass is 16.5. The fourth-order valence-corrected chi connectivity index (χ4v) is 2.30. The summed E-state index contributed by atoms with van der Waals surface area (Å²) < 4.78 is 5.08. The molecule has 0 saturated heterocycles. The number of aromatic nitrogens is 2. The van der Waals surface area contributed by atoms with Crippen LogP contribution in [0.4, 0.5) is 0 Å². The number of aryl methyl sites for hydroxylation is 1. The highest BCUT2D eigenvalue weighted by Crippen LogP contribution is 2.45. The Morgan fingerprint density at radius 1 is 1.50 bits per heavy atom. The van der Waals surface area contributed by atoms with E-state index in [0.717, 1.165) is 24.8 Å². The number of hydrogen-bond acceptors (Lipinski definition) is 4. The van der Waals surface area contributed by atoms with Gasteiger partial charge in [-0.2, -0.15) is 10.2 Å². The molecule has 0 bridgehead atoms. The van der Waals surface area contributed by atoms with Gasteiger partial charge in [0.2, 0.25) is 0 Å². The molecule has 84 valence electrons. The van der Waals surface area contributed by atoms with Crippen LogP contribution in [0.3, 0.4) is 0 Å². The molecule has 1 aliphatic rings. The van der Waals surface area contributed by atoms with Crippen LogP contribution in [0.15, 0.2) is 10.1 Å². The van der Waals surface area contributed by atoms with Gasteiger partial charge < -0.3 is 4.52 Å². The van der Waals surface area contributed by atoms with Crippen LogP contribution in [-0.2, 0) is 0 Å². The predicted molar refractivity (Wildman–Crippen MR) is 59.2 cm³/mol. The van der Waals surface area contributed by atoms with Crippen molar-refractivity contribution in [3.05, 3.63) is 17.3 Å². The zero-order valence-corrected chi connectivity index (χ0v) is 9.87. The van der Waals surface area contributed by atoms with Crippen LogP contribution >= 0.6 is 0 Å². The first kappa shape index (κ1) is 10.9. The van der Waals surface area contributed by atoms with Crippen molar-refractivity contribution >= 4 is 5.57 Å². The Morgan fingerprint density at radius 2 is 2.25 bits per heavy atom. The van der Waals surface area contributed by atoms with Crippen molar-refractivity contribution in [1.29, 1.82) is 5.26 Å². The summed E-state index contributed by atoms with van der Waals surface area (Å²) in [6.45, 7) is 6.08. The summed E-state index contributed by atoms with van der Waals surface area (Å²) in [7, 11) is 0. The van der Waals surface area contributed by atoms with E-state index in [9.17, 15) is 5.26 Å². The molecule has 4 nitrogen and oxygen atoms in total. The molecular weight excluding hydrogens is 202 g/mol. The lowest BCUT2D eigenvalue weighted by Crippen LogP contribution is -2.09.